The monoisotopic (exact) mass is 194 g/mol. The lowest BCUT2D eigenvalue weighted by atomic mass is 9.97. The van der Waals surface area contributed by atoms with Crippen LogP contribution in [0.2, 0.25) is 0 Å². The van der Waals surface area contributed by atoms with Gasteiger partial charge >= 0.3 is 0 Å². The van der Waals surface area contributed by atoms with Crippen molar-refractivity contribution in [2.75, 3.05) is 0 Å². The van der Waals surface area contributed by atoms with E-state index in [9.17, 15) is 8.42 Å². The van der Waals surface area contributed by atoms with Crippen molar-refractivity contribution >= 4 is 15.2 Å². The first kappa shape index (κ1) is 9.74. The molecule has 0 heterocycles. The summed E-state index contributed by atoms with van der Waals surface area (Å²) in [4.78, 5) is 0.340. The fraction of sp³-hybridized carbons (Fsp3) is 0.100. The molecule has 0 spiro atoms. The Morgan fingerprint density at radius 1 is 1.38 bits per heavy atom. The highest BCUT2D eigenvalue weighted by Gasteiger charge is 2.12. The average molecular weight is 194 g/mol. The molecule has 0 fully saturated rings. The van der Waals surface area contributed by atoms with E-state index < -0.39 is 10.3 Å². The first-order valence-corrected chi connectivity index (χ1v) is 4.87. The SMILES string of the molecule is C=CC1=CC(=S(=O)=O)C(C=C)C=C1. The van der Waals surface area contributed by atoms with E-state index in [1.165, 1.54) is 0 Å². The van der Waals surface area contributed by atoms with Crippen molar-refractivity contribution in [1.82, 2.24) is 0 Å². The molecule has 0 saturated heterocycles. The van der Waals surface area contributed by atoms with Gasteiger partial charge in [0.25, 0.3) is 0 Å². The Kier molecular flexibility index (Phi) is 3.03. The zero-order valence-electron chi connectivity index (χ0n) is 7.10. The summed E-state index contributed by atoms with van der Waals surface area (Å²) in [6, 6.07) is 0. The van der Waals surface area contributed by atoms with Crippen LogP contribution in [0.3, 0.4) is 0 Å². The van der Waals surface area contributed by atoms with Gasteiger partial charge in [0.1, 0.15) is 0 Å². The van der Waals surface area contributed by atoms with Gasteiger partial charge in [0.15, 0.2) is 0 Å². The highest BCUT2D eigenvalue weighted by atomic mass is 32.2. The standard InChI is InChI=1S/C10H10O2S/c1-3-8-5-6-9(4-2)10(7-8)13(11)12/h3-7,9H,1-2H2. The minimum Gasteiger partial charge on any atom is -0.184 e. The van der Waals surface area contributed by atoms with Crippen molar-refractivity contribution < 1.29 is 8.42 Å². The summed E-state index contributed by atoms with van der Waals surface area (Å²) < 4.78 is 21.6. The van der Waals surface area contributed by atoms with Gasteiger partial charge in [0, 0.05) is 5.92 Å². The lowest BCUT2D eigenvalue weighted by Crippen LogP contribution is -2.11. The van der Waals surface area contributed by atoms with Crippen molar-refractivity contribution in [3.05, 3.63) is 49.1 Å². The van der Waals surface area contributed by atoms with Crippen molar-refractivity contribution in [2.24, 2.45) is 5.92 Å². The molecule has 0 aromatic rings. The van der Waals surface area contributed by atoms with Crippen molar-refractivity contribution in [1.29, 1.82) is 0 Å². The summed E-state index contributed by atoms with van der Waals surface area (Å²) in [5.74, 6) is -0.206. The zero-order valence-corrected chi connectivity index (χ0v) is 7.92. The summed E-state index contributed by atoms with van der Waals surface area (Å²) in [5, 5.41) is 0. The Morgan fingerprint density at radius 3 is 2.54 bits per heavy atom. The van der Waals surface area contributed by atoms with Gasteiger partial charge in [-0.05, 0) is 11.6 Å². The van der Waals surface area contributed by atoms with Crippen molar-refractivity contribution in [3.63, 3.8) is 0 Å². The Labute approximate surface area is 79.1 Å². The molecule has 68 valence electrons. The highest BCUT2D eigenvalue weighted by Crippen LogP contribution is 2.14. The number of hydrogen-bond donors (Lipinski definition) is 0. The molecule has 0 bridgehead atoms. The molecule has 0 saturated carbocycles. The van der Waals surface area contributed by atoms with E-state index in [-0.39, 0.29) is 5.92 Å². The quantitative estimate of drug-likeness (QED) is 0.493. The van der Waals surface area contributed by atoms with Crippen LogP contribution in [-0.4, -0.2) is 13.3 Å². The van der Waals surface area contributed by atoms with Gasteiger partial charge in [-0.1, -0.05) is 30.9 Å². The van der Waals surface area contributed by atoms with Crippen LogP contribution in [-0.2, 0) is 10.3 Å². The van der Waals surface area contributed by atoms with E-state index in [1.54, 1.807) is 24.3 Å². The molecule has 1 aliphatic carbocycles. The van der Waals surface area contributed by atoms with Crippen LogP contribution in [0.5, 0.6) is 0 Å². The topological polar surface area (TPSA) is 34.1 Å². The molecule has 0 amide bonds. The number of rotatable bonds is 2. The first-order valence-electron chi connectivity index (χ1n) is 3.80. The predicted molar refractivity (Wildman–Crippen MR) is 55.0 cm³/mol. The summed E-state index contributed by atoms with van der Waals surface area (Å²) in [5.41, 5.74) is 0.803. The second-order valence-corrected chi connectivity index (χ2v) is 3.55. The molecule has 1 aliphatic rings. The molecule has 1 rings (SSSR count). The van der Waals surface area contributed by atoms with Crippen LogP contribution in [0.25, 0.3) is 0 Å². The van der Waals surface area contributed by atoms with Gasteiger partial charge in [-0.2, -0.15) is 8.42 Å². The molecule has 0 aliphatic heterocycles. The van der Waals surface area contributed by atoms with Crippen LogP contribution in [0.4, 0.5) is 0 Å². The number of hydrogen-bond acceptors (Lipinski definition) is 2. The van der Waals surface area contributed by atoms with Gasteiger partial charge in [0.05, 0.1) is 4.86 Å². The van der Waals surface area contributed by atoms with E-state index in [2.05, 4.69) is 13.2 Å². The predicted octanol–water partition coefficient (Wildman–Crippen LogP) is 1.52. The Morgan fingerprint density at radius 2 is 2.08 bits per heavy atom. The molecule has 1 unspecified atom stereocenters. The Balaban J connectivity index is 3.26. The molecule has 0 aromatic heterocycles. The first-order chi connectivity index (χ1) is 6.19. The number of allylic oxidation sites excluding steroid dienone is 6. The normalized spacial score (nSPS) is 20.8. The van der Waals surface area contributed by atoms with Crippen molar-refractivity contribution in [3.8, 4) is 0 Å². The van der Waals surface area contributed by atoms with E-state index >= 15 is 0 Å². The largest absolute Gasteiger partial charge is 0.218 e. The van der Waals surface area contributed by atoms with Crippen LogP contribution < -0.4 is 0 Å². The second-order valence-electron chi connectivity index (χ2n) is 2.61. The second kappa shape index (κ2) is 4.05. The maximum absolute atomic E-state index is 10.8. The summed E-state index contributed by atoms with van der Waals surface area (Å²) in [6.07, 6.45) is 8.42. The van der Waals surface area contributed by atoms with Gasteiger partial charge in [-0.15, -0.1) is 6.58 Å². The zero-order chi connectivity index (χ0) is 9.84. The van der Waals surface area contributed by atoms with Gasteiger partial charge in [-0.3, -0.25) is 0 Å². The lowest BCUT2D eigenvalue weighted by Gasteiger charge is -2.10. The third-order valence-electron chi connectivity index (χ3n) is 1.82. The average Bonchev–Trinajstić information content (AvgIpc) is 2.16. The van der Waals surface area contributed by atoms with Crippen LogP contribution in [0.15, 0.2) is 49.1 Å². The third kappa shape index (κ3) is 2.06. The minimum atomic E-state index is -2.18. The Hall–Kier alpha value is -1.35. The van der Waals surface area contributed by atoms with Crippen LogP contribution in [0.1, 0.15) is 0 Å². The molecule has 2 nitrogen and oxygen atoms in total. The molecule has 1 atom stereocenters. The van der Waals surface area contributed by atoms with Crippen LogP contribution in [0, 0.1) is 5.92 Å². The lowest BCUT2D eigenvalue weighted by molar-refractivity contribution is 0.626. The summed E-state index contributed by atoms with van der Waals surface area (Å²) >= 11 is 0. The van der Waals surface area contributed by atoms with Crippen LogP contribution >= 0.6 is 0 Å². The van der Waals surface area contributed by atoms with E-state index in [0.29, 0.717) is 4.86 Å². The smallest absolute Gasteiger partial charge is 0.184 e. The van der Waals surface area contributed by atoms with Gasteiger partial charge < -0.3 is 0 Å². The molecule has 0 aromatic carbocycles. The van der Waals surface area contributed by atoms with Gasteiger partial charge in [0.2, 0.25) is 10.3 Å². The van der Waals surface area contributed by atoms with E-state index in [0.717, 1.165) is 5.57 Å². The summed E-state index contributed by atoms with van der Waals surface area (Å²) in [6.45, 7) is 7.14. The molecule has 13 heavy (non-hydrogen) atoms. The minimum absolute atomic E-state index is 0.206. The van der Waals surface area contributed by atoms with Crippen molar-refractivity contribution in [2.45, 2.75) is 0 Å². The fourth-order valence-corrected chi connectivity index (χ4v) is 1.73. The van der Waals surface area contributed by atoms with Gasteiger partial charge in [-0.25, -0.2) is 0 Å². The highest BCUT2D eigenvalue weighted by molar-refractivity contribution is 7.73. The molecule has 3 heteroatoms. The fourth-order valence-electron chi connectivity index (χ4n) is 1.10. The Bertz CT molecular complexity index is 414. The molecule has 0 N–H and O–H groups in total. The van der Waals surface area contributed by atoms with E-state index in [1.807, 2.05) is 6.08 Å². The molecule has 0 radical (unpaired) electrons. The maximum Gasteiger partial charge on any atom is 0.218 e. The summed E-state index contributed by atoms with van der Waals surface area (Å²) in [7, 11) is -2.18. The molecular formula is C10H10O2S. The molecular weight excluding hydrogens is 184 g/mol. The van der Waals surface area contributed by atoms with E-state index in [4.69, 9.17) is 0 Å². The maximum atomic E-state index is 10.8. The third-order valence-corrected chi connectivity index (χ3v) is 2.59.